The van der Waals surface area contributed by atoms with Gasteiger partial charge in [-0.1, -0.05) is 18.2 Å². The van der Waals surface area contributed by atoms with Crippen LogP contribution in [0.5, 0.6) is 0 Å². The summed E-state index contributed by atoms with van der Waals surface area (Å²) in [6.07, 6.45) is 2.44. The van der Waals surface area contributed by atoms with Gasteiger partial charge in [-0.25, -0.2) is 4.79 Å². The Labute approximate surface area is 172 Å². The summed E-state index contributed by atoms with van der Waals surface area (Å²) in [4.78, 5) is 39.3. The number of aromatic amines is 1. The van der Waals surface area contributed by atoms with E-state index in [1.165, 1.54) is 4.68 Å². The first-order valence-corrected chi connectivity index (χ1v) is 9.80. The Balaban J connectivity index is 1.42. The third kappa shape index (κ3) is 4.40. The van der Waals surface area contributed by atoms with Crippen molar-refractivity contribution in [3.63, 3.8) is 0 Å². The zero-order chi connectivity index (χ0) is 20.9. The normalized spacial score (nSPS) is 16.4. The number of hydrogen-bond acceptors (Lipinski definition) is 5. The second kappa shape index (κ2) is 8.64. The van der Waals surface area contributed by atoms with E-state index < -0.39 is 6.04 Å². The summed E-state index contributed by atoms with van der Waals surface area (Å²) in [5, 5.41) is 12.8. The van der Waals surface area contributed by atoms with Crippen LogP contribution in [0.15, 0.2) is 59.4 Å². The van der Waals surface area contributed by atoms with Gasteiger partial charge in [0, 0.05) is 17.8 Å². The standard InChI is InChI=1S/C21H22N6O3/c28-18(24-17-8-4-5-13-22-19(17)29)14-9-11-15(12-10-14)23-20-25-21(30)27(26-20)16-6-2-1-3-7-16/h1-3,6-7,9-12,17H,4-5,8,13H2,(H,22,29)(H,24,28)(H2,23,25,26,30). The highest BCUT2D eigenvalue weighted by Gasteiger charge is 2.22. The second-order valence-corrected chi connectivity index (χ2v) is 7.04. The predicted molar refractivity (Wildman–Crippen MR) is 112 cm³/mol. The second-order valence-electron chi connectivity index (χ2n) is 7.04. The summed E-state index contributed by atoms with van der Waals surface area (Å²) in [6.45, 7) is 0.647. The minimum Gasteiger partial charge on any atom is -0.354 e. The number of H-pyrrole nitrogens is 1. The molecule has 9 nitrogen and oxygen atoms in total. The van der Waals surface area contributed by atoms with Crippen molar-refractivity contribution in [2.45, 2.75) is 25.3 Å². The number of nitrogens with zero attached hydrogens (tertiary/aromatic N) is 2. The van der Waals surface area contributed by atoms with E-state index in [2.05, 4.69) is 26.0 Å². The third-order valence-corrected chi connectivity index (χ3v) is 4.87. The Bertz CT molecular complexity index is 1090. The molecule has 1 aliphatic heterocycles. The number of hydrogen-bond donors (Lipinski definition) is 4. The fourth-order valence-corrected chi connectivity index (χ4v) is 3.29. The minimum atomic E-state index is -0.509. The first-order chi connectivity index (χ1) is 14.6. The Morgan fingerprint density at radius 1 is 1.03 bits per heavy atom. The van der Waals surface area contributed by atoms with Gasteiger partial charge in [-0.3, -0.25) is 14.6 Å². The lowest BCUT2D eigenvalue weighted by molar-refractivity contribution is -0.122. The van der Waals surface area contributed by atoms with Crippen molar-refractivity contribution in [2.24, 2.45) is 0 Å². The Hall–Kier alpha value is -3.88. The van der Waals surface area contributed by atoms with Crippen LogP contribution in [0.1, 0.15) is 29.6 Å². The maximum Gasteiger partial charge on any atom is 0.349 e. The van der Waals surface area contributed by atoms with Gasteiger partial charge in [0.2, 0.25) is 11.9 Å². The van der Waals surface area contributed by atoms with Gasteiger partial charge in [-0.05, 0) is 55.7 Å². The molecular weight excluding hydrogens is 384 g/mol. The molecule has 4 N–H and O–H groups in total. The van der Waals surface area contributed by atoms with Gasteiger partial charge in [0.1, 0.15) is 6.04 Å². The predicted octanol–water partition coefficient (Wildman–Crippen LogP) is 1.70. The highest BCUT2D eigenvalue weighted by Crippen LogP contribution is 2.15. The Morgan fingerprint density at radius 3 is 2.57 bits per heavy atom. The number of para-hydroxylation sites is 1. The van der Waals surface area contributed by atoms with Crippen molar-refractivity contribution in [2.75, 3.05) is 11.9 Å². The molecule has 2 heterocycles. The van der Waals surface area contributed by atoms with E-state index in [1.807, 2.05) is 18.2 Å². The maximum absolute atomic E-state index is 12.5. The number of anilines is 2. The van der Waals surface area contributed by atoms with Gasteiger partial charge in [-0.15, -0.1) is 5.10 Å². The minimum absolute atomic E-state index is 0.142. The summed E-state index contributed by atoms with van der Waals surface area (Å²) < 4.78 is 1.27. The van der Waals surface area contributed by atoms with Crippen molar-refractivity contribution in [3.8, 4) is 5.69 Å². The van der Waals surface area contributed by atoms with Crippen LogP contribution in [-0.4, -0.2) is 39.2 Å². The zero-order valence-corrected chi connectivity index (χ0v) is 16.2. The maximum atomic E-state index is 12.5. The molecule has 1 atom stereocenters. The van der Waals surface area contributed by atoms with E-state index in [0.717, 1.165) is 12.8 Å². The number of carbonyl (C=O) groups excluding carboxylic acids is 2. The van der Waals surface area contributed by atoms with Crippen LogP contribution in [0.25, 0.3) is 5.69 Å². The molecule has 4 rings (SSSR count). The summed E-state index contributed by atoms with van der Waals surface area (Å²) in [5.74, 6) is -0.154. The molecule has 0 radical (unpaired) electrons. The van der Waals surface area contributed by atoms with Crippen LogP contribution >= 0.6 is 0 Å². The molecule has 1 unspecified atom stereocenters. The smallest absolute Gasteiger partial charge is 0.349 e. The van der Waals surface area contributed by atoms with Crippen molar-refractivity contribution in [3.05, 3.63) is 70.6 Å². The number of benzene rings is 2. The third-order valence-electron chi connectivity index (χ3n) is 4.87. The van der Waals surface area contributed by atoms with Crippen LogP contribution < -0.4 is 21.6 Å². The van der Waals surface area contributed by atoms with Crippen molar-refractivity contribution in [1.82, 2.24) is 25.4 Å². The van der Waals surface area contributed by atoms with Crippen LogP contribution in [0, 0.1) is 0 Å². The van der Waals surface area contributed by atoms with E-state index in [1.54, 1.807) is 36.4 Å². The highest BCUT2D eigenvalue weighted by atomic mass is 16.2. The fraction of sp³-hybridized carbons (Fsp3) is 0.238. The van der Waals surface area contributed by atoms with E-state index in [-0.39, 0.29) is 23.5 Å². The van der Waals surface area contributed by atoms with Crippen LogP contribution in [0.3, 0.4) is 0 Å². The summed E-state index contributed by atoms with van der Waals surface area (Å²) in [5.41, 5.74) is 1.40. The molecule has 2 amide bonds. The quantitative estimate of drug-likeness (QED) is 0.514. The van der Waals surface area contributed by atoms with Crippen molar-refractivity contribution >= 4 is 23.5 Å². The summed E-state index contributed by atoms with van der Waals surface area (Å²) >= 11 is 0. The molecule has 3 aromatic rings. The number of rotatable bonds is 5. The lowest BCUT2D eigenvalue weighted by Gasteiger charge is -2.15. The molecule has 1 aromatic heterocycles. The molecule has 9 heteroatoms. The van der Waals surface area contributed by atoms with Gasteiger partial charge in [-0.2, -0.15) is 4.68 Å². The SMILES string of the molecule is O=C(NC1CCCCNC1=O)c1ccc(Nc2nn(-c3ccccc3)c(=O)[nH]2)cc1. The monoisotopic (exact) mass is 406 g/mol. The van der Waals surface area contributed by atoms with Gasteiger partial charge in [0.25, 0.3) is 5.91 Å². The number of nitrogens with one attached hydrogen (secondary N) is 4. The topological polar surface area (TPSA) is 121 Å². The molecule has 0 saturated carbocycles. The summed E-state index contributed by atoms with van der Waals surface area (Å²) in [7, 11) is 0. The van der Waals surface area contributed by atoms with E-state index >= 15 is 0 Å². The molecular formula is C21H22N6O3. The molecule has 0 aliphatic carbocycles. The number of amides is 2. The average Bonchev–Trinajstić information content (AvgIpc) is 3.00. The Kier molecular flexibility index (Phi) is 5.60. The zero-order valence-electron chi connectivity index (χ0n) is 16.2. The molecule has 0 spiro atoms. The lowest BCUT2D eigenvalue weighted by Crippen LogP contribution is -2.45. The first kappa shape index (κ1) is 19.4. The molecule has 154 valence electrons. The van der Waals surface area contributed by atoms with Crippen LogP contribution in [0.4, 0.5) is 11.6 Å². The molecule has 0 bridgehead atoms. The highest BCUT2D eigenvalue weighted by molar-refractivity contribution is 5.97. The van der Waals surface area contributed by atoms with Crippen LogP contribution in [0.2, 0.25) is 0 Å². The van der Waals surface area contributed by atoms with Gasteiger partial charge in [0.15, 0.2) is 0 Å². The Morgan fingerprint density at radius 2 is 1.80 bits per heavy atom. The first-order valence-electron chi connectivity index (χ1n) is 9.80. The van der Waals surface area contributed by atoms with Gasteiger partial charge < -0.3 is 16.0 Å². The molecule has 1 aliphatic rings. The molecule has 2 aromatic carbocycles. The van der Waals surface area contributed by atoms with E-state index in [4.69, 9.17) is 0 Å². The van der Waals surface area contributed by atoms with E-state index in [9.17, 15) is 14.4 Å². The average molecular weight is 406 g/mol. The lowest BCUT2D eigenvalue weighted by atomic mass is 10.1. The molecule has 30 heavy (non-hydrogen) atoms. The largest absolute Gasteiger partial charge is 0.354 e. The molecule has 1 fully saturated rings. The number of aromatic nitrogens is 3. The van der Waals surface area contributed by atoms with E-state index in [0.29, 0.717) is 29.9 Å². The van der Waals surface area contributed by atoms with Crippen molar-refractivity contribution in [1.29, 1.82) is 0 Å². The van der Waals surface area contributed by atoms with Crippen molar-refractivity contribution < 1.29 is 9.59 Å². The number of carbonyl (C=O) groups is 2. The van der Waals surface area contributed by atoms with Gasteiger partial charge in [0.05, 0.1) is 5.69 Å². The summed E-state index contributed by atoms with van der Waals surface area (Å²) in [6, 6.07) is 15.3. The fourth-order valence-electron chi connectivity index (χ4n) is 3.29. The van der Waals surface area contributed by atoms with Crippen LogP contribution in [-0.2, 0) is 4.79 Å². The van der Waals surface area contributed by atoms with Gasteiger partial charge >= 0.3 is 5.69 Å². The molecule has 1 saturated heterocycles.